The molecule has 0 aliphatic heterocycles. The molecule has 0 heterocycles. The van der Waals surface area contributed by atoms with Crippen LogP contribution in [0.4, 0.5) is 0 Å². The van der Waals surface area contributed by atoms with Gasteiger partial charge in [-0.1, -0.05) is 44.6 Å². The molecule has 0 amide bonds. The Kier molecular flexibility index (Phi) is 5.65. The first-order chi connectivity index (χ1) is 7.83. The molecule has 0 N–H and O–H groups in total. The maximum absolute atomic E-state index is 9.00. The van der Waals surface area contributed by atoms with Crippen LogP contribution < -0.4 is 0 Å². The molecule has 2 heteroatoms. The van der Waals surface area contributed by atoms with E-state index in [1.165, 1.54) is 32.1 Å². The SMILES string of the molecule is [C-]#[N+]/C(C#N)=C(/CCCC)C1CCCCC1. The molecule has 0 aromatic carbocycles. The number of rotatable bonds is 4. The summed E-state index contributed by atoms with van der Waals surface area (Å²) in [6.45, 7) is 9.24. The number of hydrogen-bond donors (Lipinski definition) is 0. The fraction of sp³-hybridized carbons (Fsp3) is 0.714. The lowest BCUT2D eigenvalue weighted by molar-refractivity contribution is 0.392. The van der Waals surface area contributed by atoms with Crippen molar-refractivity contribution in [1.82, 2.24) is 0 Å². The molecular weight excluding hydrogens is 196 g/mol. The summed E-state index contributed by atoms with van der Waals surface area (Å²) >= 11 is 0. The van der Waals surface area contributed by atoms with Crippen molar-refractivity contribution in [3.05, 3.63) is 22.7 Å². The smallest absolute Gasteiger partial charge is 0.227 e. The van der Waals surface area contributed by atoms with E-state index in [-0.39, 0.29) is 0 Å². The second kappa shape index (κ2) is 7.07. The maximum atomic E-state index is 9.00. The lowest BCUT2D eigenvalue weighted by atomic mass is 9.81. The number of unbranched alkanes of at least 4 members (excludes halogenated alkanes) is 1. The van der Waals surface area contributed by atoms with E-state index in [4.69, 9.17) is 11.8 Å². The van der Waals surface area contributed by atoms with E-state index >= 15 is 0 Å². The normalized spacial score (nSPS) is 18.4. The van der Waals surface area contributed by atoms with Crippen LogP contribution in [0.25, 0.3) is 4.85 Å². The third kappa shape index (κ3) is 3.38. The summed E-state index contributed by atoms with van der Waals surface area (Å²) in [6, 6.07) is 2.08. The molecule has 86 valence electrons. The van der Waals surface area contributed by atoms with Crippen LogP contribution in [0.2, 0.25) is 0 Å². The summed E-state index contributed by atoms with van der Waals surface area (Å²) in [4.78, 5) is 3.40. The lowest BCUT2D eigenvalue weighted by Gasteiger charge is -2.25. The quantitative estimate of drug-likeness (QED) is 0.504. The van der Waals surface area contributed by atoms with Gasteiger partial charge in [0.1, 0.15) is 0 Å². The van der Waals surface area contributed by atoms with Gasteiger partial charge in [-0.25, -0.2) is 10.1 Å². The Morgan fingerprint density at radius 1 is 1.38 bits per heavy atom. The van der Waals surface area contributed by atoms with Gasteiger partial charge in [0, 0.05) is 0 Å². The van der Waals surface area contributed by atoms with Gasteiger partial charge < -0.3 is 0 Å². The summed E-state index contributed by atoms with van der Waals surface area (Å²) < 4.78 is 0. The van der Waals surface area contributed by atoms with E-state index in [1.54, 1.807) is 0 Å². The molecule has 0 unspecified atom stereocenters. The van der Waals surface area contributed by atoms with Crippen molar-refractivity contribution in [3.8, 4) is 6.07 Å². The van der Waals surface area contributed by atoms with Crippen LogP contribution in [0.1, 0.15) is 58.3 Å². The minimum absolute atomic E-state index is 0.375. The van der Waals surface area contributed by atoms with Crippen molar-refractivity contribution in [3.63, 3.8) is 0 Å². The highest BCUT2D eigenvalue weighted by Gasteiger charge is 2.20. The molecule has 0 aromatic rings. The van der Waals surface area contributed by atoms with Crippen LogP contribution in [0, 0.1) is 23.8 Å². The zero-order chi connectivity index (χ0) is 11.8. The van der Waals surface area contributed by atoms with Crippen molar-refractivity contribution in [2.24, 2.45) is 5.92 Å². The molecule has 1 aliphatic carbocycles. The lowest BCUT2D eigenvalue weighted by Crippen LogP contribution is -2.10. The molecule has 0 radical (unpaired) electrons. The van der Waals surface area contributed by atoms with E-state index in [0.29, 0.717) is 11.6 Å². The molecule has 1 rings (SSSR count). The first-order valence-electron chi connectivity index (χ1n) is 6.34. The highest BCUT2D eigenvalue weighted by molar-refractivity contribution is 5.34. The van der Waals surface area contributed by atoms with E-state index in [0.717, 1.165) is 24.8 Å². The largest absolute Gasteiger partial charge is 0.261 e. The second-order valence-electron chi connectivity index (χ2n) is 4.54. The van der Waals surface area contributed by atoms with Crippen LogP contribution in [0.5, 0.6) is 0 Å². The Morgan fingerprint density at radius 2 is 2.06 bits per heavy atom. The number of nitriles is 1. The Hall–Kier alpha value is -1.28. The number of nitrogens with zero attached hydrogens (tertiary/aromatic N) is 2. The van der Waals surface area contributed by atoms with Gasteiger partial charge in [0.05, 0.1) is 12.6 Å². The summed E-state index contributed by atoms with van der Waals surface area (Å²) in [6.07, 6.45) is 9.39. The molecule has 0 spiro atoms. The predicted octanol–water partition coefficient (Wildman–Crippen LogP) is 4.45. The molecule has 1 saturated carbocycles. The van der Waals surface area contributed by atoms with Crippen LogP contribution in [0.15, 0.2) is 11.3 Å². The third-order valence-corrected chi connectivity index (χ3v) is 3.42. The van der Waals surface area contributed by atoms with Gasteiger partial charge in [-0.05, 0) is 25.2 Å². The van der Waals surface area contributed by atoms with Gasteiger partial charge in [0.15, 0.2) is 0 Å². The minimum Gasteiger partial charge on any atom is -0.227 e. The average molecular weight is 216 g/mol. The van der Waals surface area contributed by atoms with Crippen LogP contribution >= 0.6 is 0 Å². The topological polar surface area (TPSA) is 28.1 Å². The highest BCUT2D eigenvalue weighted by Crippen LogP contribution is 2.34. The minimum atomic E-state index is 0.375. The Morgan fingerprint density at radius 3 is 2.56 bits per heavy atom. The van der Waals surface area contributed by atoms with Crippen molar-refractivity contribution >= 4 is 0 Å². The van der Waals surface area contributed by atoms with Gasteiger partial charge in [0.2, 0.25) is 0 Å². The molecular formula is C14H20N2. The van der Waals surface area contributed by atoms with Gasteiger partial charge in [0.25, 0.3) is 5.70 Å². The van der Waals surface area contributed by atoms with Crippen molar-refractivity contribution < 1.29 is 0 Å². The molecule has 0 saturated heterocycles. The van der Waals surface area contributed by atoms with E-state index in [1.807, 2.05) is 0 Å². The first-order valence-corrected chi connectivity index (χ1v) is 6.34. The average Bonchev–Trinajstić information content (AvgIpc) is 2.35. The number of allylic oxidation sites excluding steroid dienone is 2. The Labute approximate surface area is 98.8 Å². The number of hydrogen-bond acceptors (Lipinski definition) is 1. The van der Waals surface area contributed by atoms with Crippen LogP contribution in [-0.4, -0.2) is 0 Å². The van der Waals surface area contributed by atoms with Gasteiger partial charge >= 0.3 is 0 Å². The van der Waals surface area contributed by atoms with Crippen LogP contribution in [-0.2, 0) is 0 Å². The van der Waals surface area contributed by atoms with Gasteiger partial charge in [-0.2, -0.15) is 0 Å². The molecule has 16 heavy (non-hydrogen) atoms. The first kappa shape index (κ1) is 12.8. The summed E-state index contributed by atoms with van der Waals surface area (Å²) in [7, 11) is 0. The molecule has 0 aromatic heterocycles. The molecule has 2 nitrogen and oxygen atoms in total. The van der Waals surface area contributed by atoms with Crippen molar-refractivity contribution in [2.75, 3.05) is 0 Å². The van der Waals surface area contributed by atoms with E-state index in [2.05, 4.69) is 17.8 Å². The molecule has 1 fully saturated rings. The zero-order valence-electron chi connectivity index (χ0n) is 10.1. The van der Waals surface area contributed by atoms with E-state index < -0.39 is 0 Å². The molecule has 0 atom stereocenters. The third-order valence-electron chi connectivity index (χ3n) is 3.42. The second-order valence-corrected chi connectivity index (χ2v) is 4.54. The van der Waals surface area contributed by atoms with E-state index in [9.17, 15) is 0 Å². The summed E-state index contributed by atoms with van der Waals surface area (Å²) in [5.41, 5.74) is 1.53. The van der Waals surface area contributed by atoms with Gasteiger partial charge in [-0.15, -0.1) is 0 Å². The van der Waals surface area contributed by atoms with Crippen molar-refractivity contribution in [2.45, 2.75) is 58.3 Å². The summed E-state index contributed by atoms with van der Waals surface area (Å²) in [5.74, 6) is 0.518. The fourth-order valence-corrected chi connectivity index (χ4v) is 2.50. The summed E-state index contributed by atoms with van der Waals surface area (Å²) in [5, 5.41) is 9.00. The fourth-order valence-electron chi connectivity index (χ4n) is 2.50. The van der Waals surface area contributed by atoms with Gasteiger partial charge in [-0.3, -0.25) is 0 Å². The van der Waals surface area contributed by atoms with Crippen LogP contribution in [0.3, 0.4) is 0 Å². The monoisotopic (exact) mass is 216 g/mol. The Bertz CT molecular complexity index is 306. The molecule has 0 bridgehead atoms. The van der Waals surface area contributed by atoms with Crippen molar-refractivity contribution in [1.29, 1.82) is 5.26 Å². The maximum Gasteiger partial charge on any atom is 0.261 e. The Balaban J connectivity index is 2.82. The zero-order valence-corrected chi connectivity index (χ0v) is 10.1. The standard InChI is InChI=1S/C14H20N2/c1-3-4-10-13(14(11-15)16-2)12-8-6-5-7-9-12/h12H,3-10H2,1H3/b14-13-. The predicted molar refractivity (Wildman–Crippen MR) is 65.3 cm³/mol. The highest BCUT2D eigenvalue weighted by atomic mass is 14.7. The molecule has 1 aliphatic rings.